The van der Waals surface area contributed by atoms with Crippen LogP contribution < -0.4 is 5.32 Å². The molecule has 0 spiro atoms. The lowest BCUT2D eigenvalue weighted by atomic mass is 10.2. The number of hydrogen-bond acceptors (Lipinski definition) is 4. The summed E-state index contributed by atoms with van der Waals surface area (Å²) in [7, 11) is 0. The predicted octanol–water partition coefficient (Wildman–Crippen LogP) is 4.12. The molecule has 0 aliphatic heterocycles. The molecule has 96 valence electrons. The molecule has 4 nitrogen and oxygen atoms in total. The van der Waals surface area contributed by atoms with Gasteiger partial charge in [0, 0.05) is 4.47 Å². The SMILES string of the molecule is Cc1c(Cl)nnc(Nc2ccc(C#N)cc2Br)c1C. The van der Waals surface area contributed by atoms with Gasteiger partial charge in [0.05, 0.1) is 17.3 Å². The molecule has 0 fully saturated rings. The van der Waals surface area contributed by atoms with E-state index < -0.39 is 0 Å². The molecule has 1 N–H and O–H groups in total. The molecule has 1 aromatic heterocycles. The van der Waals surface area contributed by atoms with E-state index in [0.717, 1.165) is 21.3 Å². The van der Waals surface area contributed by atoms with Crippen molar-refractivity contribution in [2.24, 2.45) is 0 Å². The smallest absolute Gasteiger partial charge is 0.156 e. The Balaban J connectivity index is 2.37. The maximum Gasteiger partial charge on any atom is 0.156 e. The van der Waals surface area contributed by atoms with E-state index in [1.165, 1.54) is 0 Å². The number of hydrogen-bond donors (Lipinski definition) is 1. The summed E-state index contributed by atoms with van der Waals surface area (Å²) >= 11 is 9.33. The third kappa shape index (κ3) is 2.86. The average Bonchev–Trinajstić information content (AvgIpc) is 2.41. The topological polar surface area (TPSA) is 61.6 Å². The van der Waals surface area contributed by atoms with Gasteiger partial charge in [0.25, 0.3) is 0 Å². The monoisotopic (exact) mass is 336 g/mol. The lowest BCUT2D eigenvalue weighted by molar-refractivity contribution is 1.00. The predicted molar refractivity (Wildman–Crippen MR) is 78.7 cm³/mol. The van der Waals surface area contributed by atoms with Crippen molar-refractivity contribution in [2.45, 2.75) is 13.8 Å². The fraction of sp³-hybridized carbons (Fsp3) is 0.154. The van der Waals surface area contributed by atoms with E-state index in [4.69, 9.17) is 16.9 Å². The van der Waals surface area contributed by atoms with E-state index in [0.29, 0.717) is 16.5 Å². The second kappa shape index (κ2) is 5.55. The molecule has 0 amide bonds. The number of aromatic nitrogens is 2. The number of halogens is 2. The maximum absolute atomic E-state index is 8.83. The van der Waals surface area contributed by atoms with Crippen molar-refractivity contribution in [3.05, 3.63) is 44.5 Å². The highest BCUT2D eigenvalue weighted by Crippen LogP contribution is 2.28. The van der Waals surface area contributed by atoms with Gasteiger partial charge < -0.3 is 5.32 Å². The van der Waals surface area contributed by atoms with E-state index in [2.05, 4.69) is 37.5 Å². The highest BCUT2D eigenvalue weighted by molar-refractivity contribution is 9.10. The molecule has 0 aliphatic carbocycles. The third-order valence-corrected chi connectivity index (χ3v) is 3.83. The summed E-state index contributed by atoms with van der Waals surface area (Å²) in [6.45, 7) is 3.82. The molecule has 0 aliphatic rings. The number of rotatable bonds is 2. The van der Waals surface area contributed by atoms with Crippen LogP contribution in [0.4, 0.5) is 11.5 Å². The molecule has 1 heterocycles. The number of nitriles is 1. The van der Waals surface area contributed by atoms with Crippen LogP contribution in [0.25, 0.3) is 0 Å². The van der Waals surface area contributed by atoms with E-state index in [1.54, 1.807) is 12.1 Å². The van der Waals surface area contributed by atoms with Gasteiger partial charge in [0.15, 0.2) is 11.0 Å². The van der Waals surface area contributed by atoms with Crippen LogP contribution in [0, 0.1) is 25.2 Å². The molecule has 19 heavy (non-hydrogen) atoms. The van der Waals surface area contributed by atoms with Crippen molar-refractivity contribution in [3.63, 3.8) is 0 Å². The van der Waals surface area contributed by atoms with Gasteiger partial charge in [-0.05, 0) is 59.1 Å². The fourth-order valence-corrected chi connectivity index (χ4v) is 2.17. The largest absolute Gasteiger partial charge is 0.338 e. The summed E-state index contributed by atoms with van der Waals surface area (Å²) in [5.74, 6) is 0.646. The van der Waals surface area contributed by atoms with Crippen LogP contribution in [0.1, 0.15) is 16.7 Å². The van der Waals surface area contributed by atoms with Gasteiger partial charge in [0.2, 0.25) is 0 Å². The molecule has 1 aromatic carbocycles. The lowest BCUT2D eigenvalue weighted by Crippen LogP contribution is -2.01. The number of nitrogens with one attached hydrogen (secondary N) is 1. The van der Waals surface area contributed by atoms with Gasteiger partial charge in [-0.3, -0.25) is 0 Å². The van der Waals surface area contributed by atoms with Gasteiger partial charge in [-0.1, -0.05) is 11.6 Å². The normalized spacial score (nSPS) is 10.1. The average molecular weight is 338 g/mol. The van der Waals surface area contributed by atoms with Crippen molar-refractivity contribution in [1.29, 1.82) is 5.26 Å². The van der Waals surface area contributed by atoms with Crippen LogP contribution in [0.3, 0.4) is 0 Å². The number of benzene rings is 1. The lowest BCUT2D eigenvalue weighted by Gasteiger charge is -2.11. The second-order valence-electron chi connectivity index (χ2n) is 4.02. The zero-order valence-electron chi connectivity index (χ0n) is 10.3. The van der Waals surface area contributed by atoms with Gasteiger partial charge >= 0.3 is 0 Å². The van der Waals surface area contributed by atoms with Crippen LogP contribution in [0.2, 0.25) is 5.15 Å². The fourth-order valence-electron chi connectivity index (χ4n) is 1.51. The van der Waals surface area contributed by atoms with Crippen molar-refractivity contribution in [1.82, 2.24) is 10.2 Å². The van der Waals surface area contributed by atoms with E-state index >= 15 is 0 Å². The first-order chi connectivity index (χ1) is 9.02. The summed E-state index contributed by atoms with van der Waals surface area (Å²) < 4.78 is 0.792. The minimum Gasteiger partial charge on any atom is -0.338 e. The van der Waals surface area contributed by atoms with Crippen LogP contribution >= 0.6 is 27.5 Å². The molecule has 0 radical (unpaired) electrons. The van der Waals surface area contributed by atoms with Gasteiger partial charge in [0.1, 0.15) is 0 Å². The molecule has 0 bridgehead atoms. The Hall–Kier alpha value is -1.64. The standard InChI is InChI=1S/C13H10BrClN4/c1-7-8(2)13(19-18-12(7)15)17-11-4-3-9(6-16)5-10(11)14/h3-5H,1-2H3,(H,17,19). The Morgan fingerprint density at radius 2 is 2.00 bits per heavy atom. The quantitative estimate of drug-likeness (QED) is 0.895. The van der Waals surface area contributed by atoms with E-state index in [9.17, 15) is 0 Å². The van der Waals surface area contributed by atoms with Crippen molar-refractivity contribution >= 4 is 39.0 Å². The zero-order valence-corrected chi connectivity index (χ0v) is 12.7. The van der Waals surface area contributed by atoms with Crippen molar-refractivity contribution in [2.75, 3.05) is 5.32 Å². The van der Waals surface area contributed by atoms with Gasteiger partial charge in [-0.2, -0.15) is 5.26 Å². The highest BCUT2D eigenvalue weighted by Gasteiger charge is 2.10. The first-order valence-corrected chi connectivity index (χ1v) is 6.66. The van der Waals surface area contributed by atoms with Gasteiger partial charge in [-0.15, -0.1) is 10.2 Å². The van der Waals surface area contributed by atoms with Crippen molar-refractivity contribution < 1.29 is 0 Å². The summed E-state index contributed by atoms with van der Waals surface area (Å²) in [4.78, 5) is 0. The summed E-state index contributed by atoms with van der Waals surface area (Å²) in [6, 6.07) is 7.38. The van der Waals surface area contributed by atoms with Crippen LogP contribution in [-0.2, 0) is 0 Å². The Morgan fingerprint density at radius 3 is 2.63 bits per heavy atom. The molecule has 0 saturated heterocycles. The van der Waals surface area contributed by atoms with Crippen LogP contribution in [-0.4, -0.2) is 10.2 Å². The summed E-state index contributed by atoms with van der Waals surface area (Å²) in [5, 5.41) is 20.3. The molecule has 2 rings (SSSR count). The Labute approximate surface area is 124 Å². The molecule has 0 atom stereocenters. The molecule has 6 heteroatoms. The molecule has 0 unspecified atom stereocenters. The Bertz CT molecular complexity index is 679. The summed E-state index contributed by atoms with van der Waals surface area (Å²) in [5.41, 5.74) is 3.24. The van der Waals surface area contributed by atoms with Gasteiger partial charge in [-0.25, -0.2) is 0 Å². The zero-order chi connectivity index (χ0) is 14.0. The highest BCUT2D eigenvalue weighted by atomic mass is 79.9. The summed E-state index contributed by atoms with van der Waals surface area (Å²) in [6.07, 6.45) is 0. The Kier molecular flexibility index (Phi) is 4.03. The second-order valence-corrected chi connectivity index (χ2v) is 5.23. The van der Waals surface area contributed by atoms with E-state index in [1.807, 2.05) is 19.9 Å². The maximum atomic E-state index is 8.83. The minimum atomic E-state index is 0.405. The van der Waals surface area contributed by atoms with Crippen LogP contribution in [0.5, 0.6) is 0 Å². The molecular formula is C13H10BrClN4. The minimum absolute atomic E-state index is 0.405. The van der Waals surface area contributed by atoms with Crippen molar-refractivity contribution in [3.8, 4) is 6.07 Å². The number of anilines is 2. The third-order valence-electron chi connectivity index (χ3n) is 2.82. The molecule has 0 saturated carbocycles. The number of nitrogens with zero attached hydrogens (tertiary/aromatic N) is 3. The van der Waals surface area contributed by atoms with Crippen LogP contribution in [0.15, 0.2) is 22.7 Å². The Morgan fingerprint density at radius 1 is 1.26 bits per heavy atom. The molecule has 2 aromatic rings. The first kappa shape index (κ1) is 13.8. The first-order valence-electron chi connectivity index (χ1n) is 5.49. The van der Waals surface area contributed by atoms with E-state index in [-0.39, 0.29) is 0 Å². The molecular weight excluding hydrogens is 328 g/mol.